The van der Waals surface area contributed by atoms with Gasteiger partial charge in [-0.05, 0) is 50.6 Å². The van der Waals surface area contributed by atoms with Crippen LogP contribution < -0.4 is 10.6 Å². The average Bonchev–Trinajstić information content (AvgIpc) is 2.54. The van der Waals surface area contributed by atoms with Gasteiger partial charge in [0.05, 0.1) is 23.8 Å². The lowest BCUT2D eigenvalue weighted by molar-refractivity contribution is -0.128. The quantitative estimate of drug-likeness (QED) is 0.861. The molecule has 0 aliphatic carbocycles. The van der Waals surface area contributed by atoms with E-state index in [0.29, 0.717) is 5.56 Å². The van der Waals surface area contributed by atoms with Crippen LogP contribution in [0.4, 0.5) is 0 Å². The minimum atomic E-state index is -0.106. The highest BCUT2D eigenvalue weighted by Crippen LogP contribution is 2.13. The predicted octanol–water partition coefficient (Wildman–Crippen LogP) is 1.50. The molecule has 1 aliphatic rings. The van der Waals surface area contributed by atoms with Crippen LogP contribution in [0.15, 0.2) is 24.3 Å². The molecule has 0 radical (unpaired) electrons. The molecule has 5 nitrogen and oxygen atoms in total. The Morgan fingerprint density at radius 3 is 2.71 bits per heavy atom. The van der Waals surface area contributed by atoms with Gasteiger partial charge in [0.25, 0.3) is 0 Å². The van der Waals surface area contributed by atoms with Crippen molar-refractivity contribution in [3.05, 3.63) is 35.4 Å². The molecule has 21 heavy (non-hydrogen) atoms. The number of nitrogens with zero attached hydrogens (tertiary/aromatic N) is 1. The first kappa shape index (κ1) is 15.5. The van der Waals surface area contributed by atoms with Crippen LogP contribution >= 0.6 is 0 Å². The van der Waals surface area contributed by atoms with Crippen LogP contribution in [0.1, 0.15) is 36.9 Å². The van der Waals surface area contributed by atoms with Gasteiger partial charge in [-0.15, -0.1) is 0 Å². The maximum absolute atomic E-state index is 11.9. The Morgan fingerprint density at radius 1 is 1.43 bits per heavy atom. The number of amides is 1. The second-order valence-electron chi connectivity index (χ2n) is 5.28. The van der Waals surface area contributed by atoms with Crippen molar-refractivity contribution < 1.29 is 9.53 Å². The number of carbonyl (C=O) groups excluding carboxylic acids is 1. The van der Waals surface area contributed by atoms with E-state index in [9.17, 15) is 4.79 Å². The minimum absolute atomic E-state index is 0.0955. The molecule has 0 bridgehead atoms. The maximum atomic E-state index is 11.9. The van der Waals surface area contributed by atoms with Gasteiger partial charge in [0.15, 0.2) is 0 Å². The van der Waals surface area contributed by atoms with E-state index < -0.39 is 0 Å². The van der Waals surface area contributed by atoms with E-state index in [-0.39, 0.29) is 24.7 Å². The van der Waals surface area contributed by atoms with E-state index in [1.165, 1.54) is 0 Å². The summed E-state index contributed by atoms with van der Waals surface area (Å²) in [5.41, 5.74) is 1.59. The number of hydrogen-bond acceptors (Lipinski definition) is 4. The molecule has 0 saturated carbocycles. The summed E-state index contributed by atoms with van der Waals surface area (Å²) in [4.78, 5) is 11.9. The van der Waals surface area contributed by atoms with Crippen LogP contribution in [0.5, 0.6) is 0 Å². The van der Waals surface area contributed by atoms with Crippen molar-refractivity contribution in [1.82, 2.24) is 10.6 Å². The van der Waals surface area contributed by atoms with Crippen LogP contribution in [-0.4, -0.2) is 31.7 Å². The van der Waals surface area contributed by atoms with E-state index >= 15 is 0 Å². The molecule has 2 N–H and O–H groups in total. The molecule has 1 aromatic rings. The molecule has 1 atom stereocenters. The van der Waals surface area contributed by atoms with Gasteiger partial charge in [-0.25, -0.2) is 0 Å². The summed E-state index contributed by atoms with van der Waals surface area (Å²) < 4.78 is 5.62. The first-order valence-electron chi connectivity index (χ1n) is 7.31. The van der Waals surface area contributed by atoms with Gasteiger partial charge in [-0.1, -0.05) is 12.1 Å². The predicted molar refractivity (Wildman–Crippen MR) is 79.6 cm³/mol. The summed E-state index contributed by atoms with van der Waals surface area (Å²) in [6, 6.07) is 9.21. The first-order chi connectivity index (χ1) is 10.2. The third kappa shape index (κ3) is 4.85. The average molecular weight is 287 g/mol. The van der Waals surface area contributed by atoms with Crippen molar-refractivity contribution in [3.8, 4) is 6.07 Å². The van der Waals surface area contributed by atoms with Crippen molar-refractivity contribution in [2.24, 2.45) is 0 Å². The molecule has 1 aromatic carbocycles. The fourth-order valence-corrected chi connectivity index (χ4v) is 2.37. The Hall–Kier alpha value is -1.90. The SMILES string of the molecule is CC(NC(=O)COC1CCNCC1)c1ccc(C#N)cc1. The number of nitriles is 1. The topological polar surface area (TPSA) is 74.2 Å². The molecule has 1 unspecified atom stereocenters. The van der Waals surface area contributed by atoms with Gasteiger partial charge in [-0.2, -0.15) is 5.26 Å². The first-order valence-corrected chi connectivity index (χ1v) is 7.31. The summed E-state index contributed by atoms with van der Waals surface area (Å²) in [7, 11) is 0. The number of carbonyl (C=O) groups is 1. The number of ether oxygens (including phenoxy) is 1. The normalized spacial score (nSPS) is 17.0. The molecular weight excluding hydrogens is 266 g/mol. The largest absolute Gasteiger partial charge is 0.368 e. The number of nitrogens with one attached hydrogen (secondary N) is 2. The summed E-state index contributed by atoms with van der Waals surface area (Å²) >= 11 is 0. The molecule has 0 aromatic heterocycles. The lowest BCUT2D eigenvalue weighted by atomic mass is 10.1. The molecule has 0 spiro atoms. The third-order valence-electron chi connectivity index (χ3n) is 3.65. The van der Waals surface area contributed by atoms with Crippen molar-refractivity contribution in [1.29, 1.82) is 5.26 Å². The molecular formula is C16H21N3O2. The van der Waals surface area contributed by atoms with Gasteiger partial charge in [0.2, 0.25) is 5.91 Å². The fourth-order valence-electron chi connectivity index (χ4n) is 2.37. The number of hydrogen-bond donors (Lipinski definition) is 2. The van der Waals surface area contributed by atoms with Crippen LogP contribution in [0.25, 0.3) is 0 Å². The zero-order chi connectivity index (χ0) is 15.1. The van der Waals surface area contributed by atoms with E-state index in [1.54, 1.807) is 12.1 Å². The van der Waals surface area contributed by atoms with Crippen LogP contribution in [0, 0.1) is 11.3 Å². The molecule has 1 fully saturated rings. The fraction of sp³-hybridized carbons (Fsp3) is 0.500. The zero-order valence-corrected chi connectivity index (χ0v) is 12.3. The Bertz CT molecular complexity index is 501. The van der Waals surface area contributed by atoms with E-state index in [4.69, 9.17) is 10.00 Å². The highest BCUT2D eigenvalue weighted by molar-refractivity contribution is 5.77. The lowest BCUT2D eigenvalue weighted by Crippen LogP contribution is -2.36. The zero-order valence-electron chi connectivity index (χ0n) is 12.3. The molecule has 1 amide bonds. The number of rotatable bonds is 5. The molecule has 112 valence electrons. The highest BCUT2D eigenvalue weighted by atomic mass is 16.5. The molecule has 2 rings (SSSR count). The lowest BCUT2D eigenvalue weighted by Gasteiger charge is -2.23. The van der Waals surface area contributed by atoms with Gasteiger partial charge in [-0.3, -0.25) is 4.79 Å². The Balaban J connectivity index is 1.76. The second kappa shape index (κ2) is 7.77. The van der Waals surface area contributed by atoms with E-state index in [0.717, 1.165) is 31.5 Å². The Labute approximate surface area is 125 Å². The van der Waals surface area contributed by atoms with Gasteiger partial charge < -0.3 is 15.4 Å². The van der Waals surface area contributed by atoms with Crippen molar-refractivity contribution in [3.63, 3.8) is 0 Å². The summed E-state index contributed by atoms with van der Waals surface area (Å²) in [5.74, 6) is -0.106. The standard InChI is InChI=1S/C16H21N3O2/c1-12(14-4-2-13(10-17)3-5-14)19-16(20)11-21-15-6-8-18-9-7-15/h2-5,12,15,18H,6-9,11H2,1H3,(H,19,20). The summed E-state index contributed by atoms with van der Waals surface area (Å²) in [6.45, 7) is 3.93. The molecule has 5 heteroatoms. The Morgan fingerprint density at radius 2 is 2.10 bits per heavy atom. The number of piperidine rings is 1. The second-order valence-corrected chi connectivity index (χ2v) is 5.28. The van der Waals surface area contributed by atoms with Gasteiger partial charge in [0, 0.05) is 0 Å². The summed E-state index contributed by atoms with van der Waals surface area (Å²) in [6.07, 6.45) is 2.10. The van der Waals surface area contributed by atoms with Gasteiger partial charge >= 0.3 is 0 Å². The maximum Gasteiger partial charge on any atom is 0.246 e. The molecule has 1 saturated heterocycles. The molecule has 1 aliphatic heterocycles. The van der Waals surface area contributed by atoms with Crippen molar-refractivity contribution in [2.75, 3.05) is 19.7 Å². The van der Waals surface area contributed by atoms with Crippen molar-refractivity contribution >= 4 is 5.91 Å². The smallest absolute Gasteiger partial charge is 0.246 e. The Kier molecular flexibility index (Phi) is 5.73. The van der Waals surface area contributed by atoms with Crippen LogP contribution in [0.3, 0.4) is 0 Å². The van der Waals surface area contributed by atoms with Gasteiger partial charge in [0.1, 0.15) is 6.61 Å². The van der Waals surface area contributed by atoms with Crippen LogP contribution in [-0.2, 0) is 9.53 Å². The summed E-state index contributed by atoms with van der Waals surface area (Å²) in [5, 5.41) is 14.9. The minimum Gasteiger partial charge on any atom is -0.368 e. The monoisotopic (exact) mass is 287 g/mol. The van der Waals surface area contributed by atoms with Crippen molar-refractivity contribution in [2.45, 2.75) is 31.9 Å². The molecule has 1 heterocycles. The number of benzene rings is 1. The van der Waals surface area contributed by atoms with Crippen LogP contribution in [0.2, 0.25) is 0 Å². The third-order valence-corrected chi connectivity index (χ3v) is 3.65. The van der Waals surface area contributed by atoms with E-state index in [1.807, 2.05) is 19.1 Å². The highest BCUT2D eigenvalue weighted by Gasteiger charge is 2.16. The van der Waals surface area contributed by atoms with E-state index in [2.05, 4.69) is 16.7 Å².